The van der Waals surface area contributed by atoms with Gasteiger partial charge in [-0.25, -0.2) is 0 Å². The van der Waals surface area contributed by atoms with E-state index in [1.807, 2.05) is 30.3 Å². The third-order valence-corrected chi connectivity index (χ3v) is 2.82. The summed E-state index contributed by atoms with van der Waals surface area (Å²) >= 11 is 11.7. The van der Waals surface area contributed by atoms with Gasteiger partial charge in [0.25, 0.3) is 0 Å². The Morgan fingerprint density at radius 1 is 1.00 bits per heavy atom. The van der Waals surface area contributed by atoms with Crippen molar-refractivity contribution in [2.45, 2.75) is 6.61 Å². The summed E-state index contributed by atoms with van der Waals surface area (Å²) < 4.78 is 5.57. The number of hydrogen-bond acceptors (Lipinski definition) is 1. The normalized spacial score (nSPS) is 9.00. The molecule has 0 fully saturated rings. The van der Waals surface area contributed by atoms with Crippen molar-refractivity contribution < 1.29 is 21.7 Å². The summed E-state index contributed by atoms with van der Waals surface area (Å²) in [5, 5.41) is 1.10. The van der Waals surface area contributed by atoms with Crippen LogP contribution in [0.5, 0.6) is 5.75 Å². The first-order chi connectivity index (χ1) is 7.75. The van der Waals surface area contributed by atoms with Crippen LogP contribution >= 0.6 is 23.2 Å². The van der Waals surface area contributed by atoms with Crippen LogP contribution in [0.3, 0.4) is 0 Å². The smallest absolute Gasteiger partial charge is 1.00 e. The Morgan fingerprint density at radius 3 is 2.28 bits per heavy atom. The summed E-state index contributed by atoms with van der Waals surface area (Å²) in [5.74, 6) is 0.810. The monoisotopic (exact) mass is 354 g/mol. The number of ether oxygens (including phenoxy) is 1. The van der Waals surface area contributed by atoms with E-state index in [1.165, 1.54) is 0 Å². The van der Waals surface area contributed by atoms with Crippen LogP contribution in [0.4, 0.5) is 0 Å². The Balaban J connectivity index is 0.00000144. The van der Waals surface area contributed by atoms with Crippen LogP contribution in [0, 0.1) is 6.07 Å². The van der Waals surface area contributed by atoms with E-state index in [-0.39, 0.29) is 40.0 Å². The number of benzene rings is 2. The SMILES string of the molecule is Clc1ccc(COc2cc[c-]cc2)cc1Cl.[Br-].[Mg+2]. The molecule has 0 heterocycles. The molecule has 0 N–H and O–H groups in total. The van der Waals surface area contributed by atoms with E-state index in [1.54, 1.807) is 12.1 Å². The topological polar surface area (TPSA) is 9.23 Å². The molecule has 2 aromatic rings. The average Bonchev–Trinajstić information content (AvgIpc) is 2.32. The second-order valence-corrected chi connectivity index (χ2v) is 4.09. The van der Waals surface area contributed by atoms with Gasteiger partial charge in [0.1, 0.15) is 6.61 Å². The average molecular weight is 356 g/mol. The second kappa shape index (κ2) is 9.05. The minimum Gasteiger partial charge on any atom is -1.00 e. The van der Waals surface area contributed by atoms with E-state index < -0.39 is 0 Å². The fourth-order valence-electron chi connectivity index (χ4n) is 1.26. The molecular weight excluding hydrogens is 347 g/mol. The molecule has 0 aromatic heterocycles. The van der Waals surface area contributed by atoms with Crippen LogP contribution in [0.2, 0.25) is 10.0 Å². The summed E-state index contributed by atoms with van der Waals surface area (Å²) in [6.07, 6.45) is 0. The third-order valence-electron chi connectivity index (χ3n) is 2.08. The van der Waals surface area contributed by atoms with Crippen molar-refractivity contribution in [3.05, 3.63) is 64.1 Å². The van der Waals surface area contributed by atoms with Gasteiger partial charge in [-0.15, -0.1) is 12.1 Å². The van der Waals surface area contributed by atoms with Gasteiger partial charge in [-0.3, -0.25) is 0 Å². The van der Waals surface area contributed by atoms with Crippen molar-refractivity contribution in [1.82, 2.24) is 0 Å². The van der Waals surface area contributed by atoms with E-state index in [0.717, 1.165) is 11.3 Å². The predicted octanol–water partition coefficient (Wildman–Crippen LogP) is 0.996. The minimum atomic E-state index is 0. The van der Waals surface area contributed by atoms with Crippen molar-refractivity contribution in [2.75, 3.05) is 0 Å². The quantitative estimate of drug-likeness (QED) is 0.589. The molecule has 2 aromatic carbocycles. The first-order valence-electron chi connectivity index (χ1n) is 4.78. The van der Waals surface area contributed by atoms with Gasteiger partial charge < -0.3 is 21.7 Å². The van der Waals surface area contributed by atoms with E-state index in [0.29, 0.717) is 16.7 Å². The van der Waals surface area contributed by atoms with Gasteiger partial charge in [-0.1, -0.05) is 29.3 Å². The second-order valence-electron chi connectivity index (χ2n) is 3.27. The molecule has 18 heavy (non-hydrogen) atoms. The molecular formula is C13H9BrCl2MgO. The largest absolute Gasteiger partial charge is 2.00 e. The van der Waals surface area contributed by atoms with Crippen LogP contribution in [0.1, 0.15) is 5.56 Å². The Labute approximate surface area is 143 Å². The van der Waals surface area contributed by atoms with Crippen LogP contribution in [-0.4, -0.2) is 23.1 Å². The van der Waals surface area contributed by atoms with Gasteiger partial charge >= 0.3 is 23.1 Å². The zero-order chi connectivity index (χ0) is 11.4. The number of halogens is 3. The van der Waals surface area contributed by atoms with Gasteiger partial charge in [0.05, 0.1) is 10.0 Å². The van der Waals surface area contributed by atoms with Gasteiger partial charge in [-0.05, 0) is 17.7 Å². The fraction of sp³-hybridized carbons (Fsp3) is 0.0769. The van der Waals surface area contributed by atoms with Gasteiger partial charge in [0.2, 0.25) is 0 Å². The molecule has 0 spiro atoms. The maximum atomic E-state index is 5.90. The van der Waals surface area contributed by atoms with Gasteiger partial charge in [-0.2, -0.15) is 18.2 Å². The molecule has 0 atom stereocenters. The molecule has 0 saturated carbocycles. The van der Waals surface area contributed by atoms with Crippen molar-refractivity contribution in [3.63, 3.8) is 0 Å². The minimum absolute atomic E-state index is 0. The molecule has 0 amide bonds. The Morgan fingerprint density at radius 2 is 1.67 bits per heavy atom. The molecule has 5 heteroatoms. The molecule has 0 unspecified atom stereocenters. The fourth-order valence-corrected chi connectivity index (χ4v) is 1.58. The molecule has 2 rings (SSSR count). The van der Waals surface area contributed by atoms with E-state index in [4.69, 9.17) is 27.9 Å². The standard InChI is InChI=1S/C13H9Cl2O.BrH.Mg/c14-12-7-6-10(8-13(12)15)9-16-11-4-2-1-3-5-11;;/h2-8H,9H2;1H;/q-1;;+2/p-1. The van der Waals surface area contributed by atoms with Crippen molar-refractivity contribution >= 4 is 46.3 Å². The van der Waals surface area contributed by atoms with Crippen LogP contribution in [-0.2, 0) is 6.61 Å². The molecule has 0 aliphatic heterocycles. The molecule has 0 bridgehead atoms. The predicted molar refractivity (Wildman–Crippen MR) is 71.8 cm³/mol. The molecule has 1 nitrogen and oxygen atoms in total. The van der Waals surface area contributed by atoms with Gasteiger partial charge in [0.15, 0.2) is 0 Å². The molecule has 0 saturated heterocycles. The van der Waals surface area contributed by atoms with Crippen molar-refractivity contribution in [2.24, 2.45) is 0 Å². The third kappa shape index (κ3) is 5.37. The Kier molecular flexibility index (Phi) is 9.08. The molecule has 0 aliphatic rings. The maximum absolute atomic E-state index is 5.90. The zero-order valence-electron chi connectivity index (χ0n) is 9.50. The van der Waals surface area contributed by atoms with Crippen LogP contribution in [0.15, 0.2) is 42.5 Å². The van der Waals surface area contributed by atoms with E-state index >= 15 is 0 Å². The zero-order valence-corrected chi connectivity index (χ0v) is 14.0. The Hall–Kier alpha value is 0.0662. The Bertz CT molecular complexity index is 480. The maximum Gasteiger partial charge on any atom is 2.00 e. The van der Waals surface area contributed by atoms with Gasteiger partial charge in [0, 0.05) is 5.75 Å². The number of rotatable bonds is 3. The summed E-state index contributed by atoms with van der Waals surface area (Å²) in [5.41, 5.74) is 0.988. The summed E-state index contributed by atoms with van der Waals surface area (Å²) in [4.78, 5) is 0. The van der Waals surface area contributed by atoms with Crippen molar-refractivity contribution in [3.8, 4) is 5.75 Å². The first-order valence-corrected chi connectivity index (χ1v) is 5.54. The van der Waals surface area contributed by atoms with E-state index in [9.17, 15) is 0 Å². The van der Waals surface area contributed by atoms with Crippen molar-refractivity contribution in [1.29, 1.82) is 0 Å². The first kappa shape index (κ1) is 18.1. The summed E-state index contributed by atoms with van der Waals surface area (Å²) in [7, 11) is 0. The summed E-state index contributed by atoms with van der Waals surface area (Å²) in [6, 6.07) is 15.7. The summed E-state index contributed by atoms with van der Waals surface area (Å²) in [6.45, 7) is 0.473. The molecule has 0 aliphatic carbocycles. The number of hydrogen-bond donors (Lipinski definition) is 0. The van der Waals surface area contributed by atoms with E-state index in [2.05, 4.69) is 6.07 Å². The molecule has 90 valence electrons. The molecule has 0 radical (unpaired) electrons. The van der Waals surface area contributed by atoms with Crippen LogP contribution in [0.25, 0.3) is 0 Å². The van der Waals surface area contributed by atoms with Crippen LogP contribution < -0.4 is 21.7 Å².